The van der Waals surface area contributed by atoms with Crippen LogP contribution < -0.4 is 0 Å². The summed E-state index contributed by atoms with van der Waals surface area (Å²) < 4.78 is 41.0. The van der Waals surface area contributed by atoms with Gasteiger partial charge in [0.1, 0.15) is 28.5 Å². The molecule has 0 spiro atoms. The SMILES string of the molecule is O=C(C1CC(Cn2nc3ccc(F)cc3n2)C2CC1C2)N1N=CCC1c1cc(F)cc(F)c1. The highest BCUT2D eigenvalue weighted by atomic mass is 19.1. The maximum atomic E-state index is 13.8. The van der Waals surface area contributed by atoms with Crippen LogP contribution in [0.3, 0.4) is 0 Å². The van der Waals surface area contributed by atoms with Crippen LogP contribution >= 0.6 is 0 Å². The smallest absolute Gasteiger partial charge is 0.246 e. The minimum atomic E-state index is -0.664. The largest absolute Gasteiger partial charge is 0.273 e. The lowest BCUT2D eigenvalue weighted by molar-refractivity contribution is -0.148. The van der Waals surface area contributed by atoms with E-state index >= 15 is 0 Å². The molecule has 3 saturated carbocycles. The van der Waals surface area contributed by atoms with Gasteiger partial charge in [0, 0.05) is 30.7 Å². The molecule has 7 rings (SSSR count). The second-order valence-electron chi connectivity index (χ2n) is 9.42. The zero-order chi connectivity index (χ0) is 22.7. The Hall–Kier alpha value is -3.23. The van der Waals surface area contributed by atoms with Crippen LogP contribution in [0.1, 0.15) is 37.3 Å². The van der Waals surface area contributed by atoms with Crippen molar-refractivity contribution in [2.75, 3.05) is 0 Å². The van der Waals surface area contributed by atoms with Gasteiger partial charge >= 0.3 is 0 Å². The molecule has 1 aliphatic heterocycles. The Morgan fingerprint density at radius 1 is 0.909 bits per heavy atom. The van der Waals surface area contributed by atoms with E-state index in [0.29, 0.717) is 47.8 Å². The number of aromatic nitrogens is 3. The van der Waals surface area contributed by atoms with Crippen molar-refractivity contribution in [3.63, 3.8) is 0 Å². The van der Waals surface area contributed by atoms with Gasteiger partial charge in [-0.3, -0.25) is 4.79 Å². The van der Waals surface area contributed by atoms with Gasteiger partial charge in [-0.15, -0.1) is 0 Å². The summed E-state index contributed by atoms with van der Waals surface area (Å²) in [6, 6.07) is 7.21. The molecular formula is C24H22F3N5O. The zero-order valence-corrected chi connectivity index (χ0v) is 17.7. The Morgan fingerprint density at radius 3 is 2.45 bits per heavy atom. The maximum absolute atomic E-state index is 13.8. The molecule has 6 nitrogen and oxygen atoms in total. The third-order valence-corrected chi connectivity index (χ3v) is 7.43. The highest BCUT2D eigenvalue weighted by Crippen LogP contribution is 2.53. The number of amides is 1. The molecule has 0 saturated heterocycles. The van der Waals surface area contributed by atoms with Gasteiger partial charge in [0.05, 0.1) is 12.6 Å². The molecule has 4 aliphatic rings. The first-order valence-electron chi connectivity index (χ1n) is 11.3. The number of fused-ring (bicyclic) bond motifs is 3. The van der Waals surface area contributed by atoms with Gasteiger partial charge in [-0.25, -0.2) is 18.2 Å². The number of halogens is 3. The maximum Gasteiger partial charge on any atom is 0.246 e. The summed E-state index contributed by atoms with van der Waals surface area (Å²) in [6.45, 7) is 0.569. The topological polar surface area (TPSA) is 63.4 Å². The molecule has 1 aromatic heterocycles. The molecule has 3 aliphatic carbocycles. The fourth-order valence-electron chi connectivity index (χ4n) is 5.72. The molecule has 33 heavy (non-hydrogen) atoms. The normalized spacial score (nSPS) is 28.3. The van der Waals surface area contributed by atoms with Crippen molar-refractivity contribution in [3.8, 4) is 0 Å². The number of benzene rings is 2. The number of rotatable bonds is 4. The predicted octanol–water partition coefficient (Wildman–Crippen LogP) is 4.47. The molecule has 2 heterocycles. The monoisotopic (exact) mass is 453 g/mol. The van der Waals surface area contributed by atoms with E-state index in [-0.39, 0.29) is 23.6 Å². The molecule has 3 unspecified atom stereocenters. The molecule has 3 fully saturated rings. The van der Waals surface area contributed by atoms with Crippen molar-refractivity contribution in [2.45, 2.75) is 38.3 Å². The molecule has 170 valence electrons. The zero-order valence-electron chi connectivity index (χ0n) is 17.7. The van der Waals surface area contributed by atoms with Gasteiger partial charge in [-0.2, -0.15) is 20.1 Å². The Labute approximate surface area is 188 Å². The van der Waals surface area contributed by atoms with Gasteiger partial charge in [0.25, 0.3) is 0 Å². The van der Waals surface area contributed by atoms with Crippen LogP contribution in [0.4, 0.5) is 13.2 Å². The molecule has 3 aromatic rings. The second-order valence-corrected chi connectivity index (χ2v) is 9.42. The number of hydrazone groups is 1. The number of carbonyl (C=O) groups excluding carboxylic acids is 1. The molecular weight excluding hydrogens is 431 g/mol. The summed E-state index contributed by atoms with van der Waals surface area (Å²) in [5.41, 5.74) is 1.57. The van der Waals surface area contributed by atoms with E-state index in [4.69, 9.17) is 0 Å². The van der Waals surface area contributed by atoms with E-state index in [0.717, 1.165) is 18.9 Å². The van der Waals surface area contributed by atoms with Crippen molar-refractivity contribution in [3.05, 3.63) is 59.4 Å². The molecule has 0 N–H and O–H groups in total. The third kappa shape index (κ3) is 3.59. The third-order valence-electron chi connectivity index (χ3n) is 7.43. The first kappa shape index (κ1) is 20.4. The highest BCUT2D eigenvalue weighted by molar-refractivity contribution is 5.82. The predicted molar refractivity (Wildman–Crippen MR) is 114 cm³/mol. The van der Waals surface area contributed by atoms with Crippen LogP contribution in [-0.2, 0) is 11.3 Å². The van der Waals surface area contributed by atoms with E-state index in [1.807, 2.05) is 0 Å². The molecule has 2 aromatic carbocycles. The number of nitrogens with zero attached hydrogens (tertiary/aromatic N) is 5. The number of hydrogen-bond donors (Lipinski definition) is 0. The van der Waals surface area contributed by atoms with Gasteiger partial charge in [-0.05, 0) is 66.8 Å². The van der Waals surface area contributed by atoms with Crippen molar-refractivity contribution in [1.82, 2.24) is 20.0 Å². The Balaban J connectivity index is 1.20. The lowest BCUT2D eigenvalue weighted by Gasteiger charge is -2.51. The van der Waals surface area contributed by atoms with Crippen LogP contribution in [0, 0.1) is 41.1 Å². The van der Waals surface area contributed by atoms with Gasteiger partial charge in [0.15, 0.2) is 0 Å². The minimum absolute atomic E-state index is 0.0905. The van der Waals surface area contributed by atoms with Crippen molar-refractivity contribution in [2.24, 2.45) is 28.8 Å². The second kappa shape index (κ2) is 7.67. The first-order chi connectivity index (χ1) is 15.9. The summed E-state index contributed by atoms with van der Waals surface area (Å²) in [4.78, 5) is 15.1. The Bertz CT molecular complexity index is 1250. The van der Waals surface area contributed by atoms with E-state index in [1.54, 1.807) is 17.1 Å². The summed E-state index contributed by atoms with van der Waals surface area (Å²) in [5, 5.41) is 14.6. The van der Waals surface area contributed by atoms with E-state index in [9.17, 15) is 18.0 Å². The van der Waals surface area contributed by atoms with Gasteiger partial charge < -0.3 is 0 Å². The Morgan fingerprint density at radius 2 is 1.67 bits per heavy atom. The highest BCUT2D eigenvalue weighted by Gasteiger charge is 2.50. The summed E-state index contributed by atoms with van der Waals surface area (Å²) in [6.07, 6.45) is 4.68. The molecule has 0 radical (unpaired) electrons. The fourth-order valence-corrected chi connectivity index (χ4v) is 5.72. The average molecular weight is 453 g/mol. The van der Waals surface area contributed by atoms with Crippen molar-refractivity contribution >= 4 is 23.2 Å². The van der Waals surface area contributed by atoms with Gasteiger partial charge in [0.2, 0.25) is 5.91 Å². The minimum Gasteiger partial charge on any atom is -0.273 e. The molecule has 2 bridgehead atoms. The first-order valence-corrected chi connectivity index (χ1v) is 11.3. The summed E-state index contributed by atoms with van der Waals surface area (Å²) in [5.74, 6) is -0.916. The number of carbonyl (C=O) groups is 1. The van der Waals surface area contributed by atoms with E-state index < -0.39 is 17.7 Å². The fraction of sp³-hybridized carbons (Fsp3) is 0.417. The quantitative estimate of drug-likeness (QED) is 0.586. The van der Waals surface area contributed by atoms with E-state index in [2.05, 4.69) is 15.3 Å². The van der Waals surface area contributed by atoms with Crippen LogP contribution in [0.15, 0.2) is 41.5 Å². The standard InChI is InChI=1S/C24H22F3N5O/c25-17-1-2-21-22(11-17)30-31(29-21)12-16-9-20(14-5-13(16)6-14)24(33)32-23(3-4-28-32)15-7-18(26)10-19(27)8-15/h1-2,4,7-8,10-11,13-14,16,20,23H,3,5-6,9,12H2. The lowest BCUT2D eigenvalue weighted by Crippen LogP contribution is -2.49. The average Bonchev–Trinajstić information content (AvgIpc) is 3.38. The molecule has 9 heteroatoms. The Kier molecular flexibility index (Phi) is 4.74. The summed E-state index contributed by atoms with van der Waals surface area (Å²) >= 11 is 0. The molecule has 1 amide bonds. The van der Waals surface area contributed by atoms with Gasteiger partial charge in [-0.1, -0.05) is 0 Å². The lowest BCUT2D eigenvalue weighted by atomic mass is 9.55. The van der Waals surface area contributed by atoms with Crippen LogP contribution in [0.2, 0.25) is 0 Å². The van der Waals surface area contributed by atoms with Crippen LogP contribution in [0.5, 0.6) is 0 Å². The summed E-state index contributed by atoms with van der Waals surface area (Å²) in [7, 11) is 0. The van der Waals surface area contributed by atoms with Crippen molar-refractivity contribution < 1.29 is 18.0 Å². The van der Waals surface area contributed by atoms with Crippen LogP contribution in [0.25, 0.3) is 11.0 Å². The van der Waals surface area contributed by atoms with E-state index in [1.165, 1.54) is 29.3 Å². The van der Waals surface area contributed by atoms with Crippen LogP contribution in [-0.4, -0.2) is 32.1 Å². The van der Waals surface area contributed by atoms with Crippen molar-refractivity contribution in [1.29, 1.82) is 0 Å². The number of hydrogen-bond acceptors (Lipinski definition) is 4. The molecule has 3 atom stereocenters.